The largest absolute Gasteiger partial charge is 0.479 e. The van der Waals surface area contributed by atoms with Gasteiger partial charge in [0.15, 0.2) is 0 Å². The van der Waals surface area contributed by atoms with Gasteiger partial charge < -0.3 is 5.11 Å². The molecule has 1 N–H and O–H groups in total. The molecule has 0 fully saturated rings. The average Bonchev–Trinajstić information content (AvgIpc) is 1.60. The molecule has 10 heavy (non-hydrogen) atoms. The molecule has 0 aromatic carbocycles. The number of carboxylic acid groups (broad SMARTS) is 1. The van der Waals surface area contributed by atoms with Crippen molar-refractivity contribution in [3.8, 4) is 0 Å². The third kappa shape index (κ3) is 3.64. The summed E-state index contributed by atoms with van der Waals surface area (Å²) in [5.41, 5.74) is 0. The van der Waals surface area contributed by atoms with Gasteiger partial charge in [-0.05, 0) is 0 Å². The lowest BCUT2D eigenvalue weighted by molar-refractivity contribution is -0.137. The van der Waals surface area contributed by atoms with Crippen LogP contribution in [-0.4, -0.2) is 20.2 Å². The summed E-state index contributed by atoms with van der Waals surface area (Å²) in [6, 6.07) is 0. The van der Waals surface area contributed by atoms with Crippen LogP contribution in [0.15, 0.2) is 0 Å². The smallest absolute Gasteiger partial charge is 0.340 e. The summed E-state index contributed by atoms with van der Waals surface area (Å²) in [4.78, 5) is 10.3. The Morgan fingerprint density at radius 2 is 2.20 bits per heavy atom. The Hall–Kier alpha value is 0.530. The zero-order valence-electron chi connectivity index (χ0n) is 5.27. The lowest BCUT2D eigenvalue weighted by Crippen LogP contribution is -2.27. The minimum Gasteiger partial charge on any atom is -0.479 e. The second-order valence-corrected chi connectivity index (χ2v) is 5.04. The van der Waals surface area contributed by atoms with Gasteiger partial charge in [0.1, 0.15) is 0 Å². The maximum absolute atomic E-state index is 10.3. The fourth-order valence-electron chi connectivity index (χ4n) is 0.441. The van der Waals surface area contributed by atoms with Gasteiger partial charge in [-0.1, -0.05) is 46.1 Å². The molecule has 0 aliphatic carbocycles. The number of hydrogen-bond donors (Lipinski definition) is 1. The molecule has 2 nitrogen and oxygen atoms in total. The number of rotatable bonds is 3. The van der Waals surface area contributed by atoms with E-state index in [1.54, 1.807) is 6.92 Å². The standard InChI is InChI=1S/C5H7BrCl2O2/c1-3(6)2-5(7,8)4(9)10/h3H,2H2,1H3,(H,9,10). The fraction of sp³-hybridized carbons (Fsp3) is 0.800. The highest BCUT2D eigenvalue weighted by Crippen LogP contribution is 2.29. The lowest BCUT2D eigenvalue weighted by atomic mass is 10.2. The molecule has 0 rings (SSSR count). The van der Waals surface area contributed by atoms with E-state index in [1.165, 1.54) is 0 Å². The first-order valence-electron chi connectivity index (χ1n) is 2.61. The summed E-state index contributed by atoms with van der Waals surface area (Å²) in [5.74, 6) is -1.21. The Kier molecular flexibility index (Phi) is 3.99. The molecule has 0 aliphatic rings. The Labute approximate surface area is 77.6 Å². The maximum atomic E-state index is 10.3. The second-order valence-electron chi connectivity index (χ2n) is 1.99. The summed E-state index contributed by atoms with van der Waals surface area (Å²) in [5, 5.41) is 8.41. The van der Waals surface area contributed by atoms with Gasteiger partial charge in [0.25, 0.3) is 0 Å². The molecule has 0 amide bonds. The normalized spacial score (nSPS) is 14.8. The molecule has 0 saturated heterocycles. The summed E-state index contributed by atoms with van der Waals surface area (Å²) in [6.45, 7) is 1.78. The number of aliphatic carboxylic acids is 1. The molecule has 60 valence electrons. The van der Waals surface area contributed by atoms with Gasteiger partial charge in [-0.3, -0.25) is 0 Å². The molecule has 0 saturated carbocycles. The monoisotopic (exact) mass is 248 g/mol. The summed E-state index contributed by atoms with van der Waals surface area (Å²) in [6.07, 6.45) is 0.186. The van der Waals surface area contributed by atoms with Gasteiger partial charge in [0.2, 0.25) is 4.33 Å². The highest BCUT2D eigenvalue weighted by molar-refractivity contribution is 9.09. The van der Waals surface area contributed by atoms with Crippen molar-refractivity contribution in [1.29, 1.82) is 0 Å². The Balaban J connectivity index is 4.00. The SMILES string of the molecule is CC(Br)CC(Cl)(Cl)C(=O)O. The first-order chi connectivity index (χ1) is 4.36. The van der Waals surface area contributed by atoms with Crippen molar-refractivity contribution in [2.75, 3.05) is 0 Å². The molecule has 5 heteroatoms. The van der Waals surface area contributed by atoms with Crippen molar-refractivity contribution in [3.05, 3.63) is 0 Å². The summed E-state index contributed by atoms with van der Waals surface area (Å²) >= 11 is 14.0. The third-order valence-corrected chi connectivity index (χ3v) is 1.81. The van der Waals surface area contributed by atoms with E-state index in [4.69, 9.17) is 28.3 Å². The topological polar surface area (TPSA) is 37.3 Å². The van der Waals surface area contributed by atoms with Crippen LogP contribution >= 0.6 is 39.1 Å². The van der Waals surface area contributed by atoms with Crippen LogP contribution in [0, 0.1) is 0 Å². The Morgan fingerprint density at radius 1 is 1.80 bits per heavy atom. The van der Waals surface area contributed by atoms with Crippen molar-refractivity contribution >= 4 is 45.1 Å². The van der Waals surface area contributed by atoms with E-state index >= 15 is 0 Å². The molecular weight excluding hydrogens is 243 g/mol. The number of carboxylic acids is 1. The van der Waals surface area contributed by atoms with Gasteiger partial charge in [-0.15, -0.1) is 0 Å². The predicted molar refractivity (Wildman–Crippen MR) is 45.1 cm³/mol. The van der Waals surface area contributed by atoms with Crippen molar-refractivity contribution in [2.45, 2.75) is 22.5 Å². The molecule has 0 aliphatic heterocycles. The molecule has 0 radical (unpaired) electrons. The maximum Gasteiger partial charge on any atom is 0.340 e. The minimum absolute atomic E-state index is 0.00130. The molecular formula is C5H7BrCl2O2. The zero-order chi connectivity index (χ0) is 8.36. The highest BCUT2D eigenvalue weighted by atomic mass is 79.9. The van der Waals surface area contributed by atoms with Crippen LogP contribution < -0.4 is 0 Å². The fourth-order valence-corrected chi connectivity index (χ4v) is 1.76. The van der Waals surface area contributed by atoms with Gasteiger partial charge in [0.05, 0.1) is 0 Å². The second kappa shape index (κ2) is 3.79. The van der Waals surface area contributed by atoms with E-state index in [9.17, 15) is 4.79 Å². The van der Waals surface area contributed by atoms with Crippen molar-refractivity contribution in [1.82, 2.24) is 0 Å². The quantitative estimate of drug-likeness (QED) is 0.781. The van der Waals surface area contributed by atoms with E-state index in [2.05, 4.69) is 15.9 Å². The highest BCUT2D eigenvalue weighted by Gasteiger charge is 2.34. The first-order valence-corrected chi connectivity index (χ1v) is 4.28. The van der Waals surface area contributed by atoms with Gasteiger partial charge in [-0.25, -0.2) is 4.79 Å². The van der Waals surface area contributed by atoms with E-state index < -0.39 is 10.3 Å². The van der Waals surface area contributed by atoms with Crippen LogP contribution in [0.25, 0.3) is 0 Å². The summed E-state index contributed by atoms with van der Waals surface area (Å²) < 4.78 is -1.66. The predicted octanol–water partition coefficient (Wildman–Crippen LogP) is 2.42. The van der Waals surface area contributed by atoms with Crippen molar-refractivity contribution < 1.29 is 9.90 Å². The van der Waals surface area contributed by atoms with Gasteiger partial charge in [-0.2, -0.15) is 0 Å². The lowest BCUT2D eigenvalue weighted by Gasteiger charge is -2.14. The first kappa shape index (κ1) is 10.5. The van der Waals surface area contributed by atoms with Gasteiger partial charge in [0, 0.05) is 11.2 Å². The number of carbonyl (C=O) groups is 1. The molecule has 0 aromatic heterocycles. The Bertz CT molecular complexity index is 136. The van der Waals surface area contributed by atoms with Crippen molar-refractivity contribution in [2.24, 2.45) is 0 Å². The van der Waals surface area contributed by atoms with E-state index in [-0.39, 0.29) is 11.2 Å². The van der Waals surface area contributed by atoms with E-state index in [1.807, 2.05) is 0 Å². The molecule has 0 spiro atoms. The molecule has 0 heterocycles. The molecule has 0 aromatic rings. The number of halogens is 3. The van der Waals surface area contributed by atoms with E-state index in [0.717, 1.165) is 0 Å². The molecule has 1 unspecified atom stereocenters. The number of hydrogen-bond acceptors (Lipinski definition) is 1. The van der Waals surface area contributed by atoms with Crippen LogP contribution in [-0.2, 0) is 4.79 Å². The van der Waals surface area contributed by atoms with Crippen LogP contribution in [0.5, 0.6) is 0 Å². The van der Waals surface area contributed by atoms with Crippen molar-refractivity contribution in [3.63, 3.8) is 0 Å². The molecule has 0 bridgehead atoms. The van der Waals surface area contributed by atoms with Crippen LogP contribution in [0.2, 0.25) is 0 Å². The number of alkyl halides is 3. The van der Waals surface area contributed by atoms with Gasteiger partial charge >= 0.3 is 5.97 Å². The van der Waals surface area contributed by atoms with Crippen LogP contribution in [0.3, 0.4) is 0 Å². The molecule has 1 atom stereocenters. The minimum atomic E-state index is -1.66. The van der Waals surface area contributed by atoms with Crippen LogP contribution in [0.1, 0.15) is 13.3 Å². The Morgan fingerprint density at radius 3 is 2.30 bits per heavy atom. The third-order valence-electron chi connectivity index (χ3n) is 0.851. The zero-order valence-corrected chi connectivity index (χ0v) is 8.37. The average molecular weight is 250 g/mol. The summed E-state index contributed by atoms with van der Waals surface area (Å²) in [7, 11) is 0. The van der Waals surface area contributed by atoms with E-state index in [0.29, 0.717) is 0 Å². The van der Waals surface area contributed by atoms with Crippen LogP contribution in [0.4, 0.5) is 0 Å².